The molecule has 40 heavy (non-hydrogen) atoms. The van der Waals surface area contributed by atoms with Crippen molar-refractivity contribution in [3.05, 3.63) is 64.0 Å². The zero-order valence-electron chi connectivity index (χ0n) is 22.6. The highest BCUT2D eigenvalue weighted by Gasteiger charge is 2.53. The van der Waals surface area contributed by atoms with Crippen LogP contribution in [0.2, 0.25) is 0 Å². The maximum atomic E-state index is 13.7. The summed E-state index contributed by atoms with van der Waals surface area (Å²) in [5.74, 6) is -6.55. The number of fused-ring (bicyclic) bond motifs is 3. The molecule has 0 radical (unpaired) electrons. The minimum absolute atomic E-state index is 0.0151. The van der Waals surface area contributed by atoms with Gasteiger partial charge in [0.2, 0.25) is 0 Å². The molecule has 3 unspecified atom stereocenters. The highest BCUT2D eigenvalue weighted by Crippen LogP contribution is 2.51. The lowest BCUT2D eigenvalue weighted by Crippen LogP contribution is -2.47. The van der Waals surface area contributed by atoms with Crippen LogP contribution in [0.1, 0.15) is 50.3 Å². The summed E-state index contributed by atoms with van der Waals surface area (Å²) in [5.41, 5.74) is 6.62. The number of nitrogens with two attached hydrogens (primary N) is 1. The number of carbonyl (C=O) groups excluding carboxylic acids is 4. The fourth-order valence-corrected chi connectivity index (χ4v) is 6.30. The van der Waals surface area contributed by atoms with Crippen LogP contribution in [-0.4, -0.2) is 62.5 Å². The topological polar surface area (TPSA) is 167 Å². The molecule has 1 fully saturated rings. The summed E-state index contributed by atoms with van der Waals surface area (Å²) in [6.45, 7) is 10.0. The van der Waals surface area contributed by atoms with Crippen molar-refractivity contribution in [3.8, 4) is 5.75 Å². The average molecular weight is 549 g/mol. The summed E-state index contributed by atoms with van der Waals surface area (Å²) in [6, 6.07) is 3.20. The van der Waals surface area contributed by atoms with Gasteiger partial charge in [0.1, 0.15) is 28.4 Å². The number of rotatable bonds is 2. The van der Waals surface area contributed by atoms with E-state index in [4.69, 9.17) is 10.5 Å². The minimum atomic E-state index is -1.34. The van der Waals surface area contributed by atoms with Gasteiger partial charge in [-0.2, -0.15) is 0 Å². The van der Waals surface area contributed by atoms with Crippen LogP contribution in [0.3, 0.4) is 0 Å². The number of phenols is 1. The van der Waals surface area contributed by atoms with Gasteiger partial charge in [0.25, 0.3) is 5.91 Å². The number of aliphatic hydroxyl groups excluding tert-OH is 2. The lowest BCUT2D eigenvalue weighted by atomic mass is 9.59. The van der Waals surface area contributed by atoms with E-state index in [0.29, 0.717) is 25.1 Å². The Morgan fingerprint density at radius 1 is 1.10 bits per heavy atom. The number of hydrogen-bond donors (Lipinski definition) is 4. The maximum absolute atomic E-state index is 13.7. The predicted molar refractivity (Wildman–Crippen MR) is 145 cm³/mol. The average Bonchev–Trinajstić information content (AvgIpc) is 2.86. The molecule has 0 bridgehead atoms. The molecule has 10 nitrogen and oxygen atoms in total. The van der Waals surface area contributed by atoms with Crippen molar-refractivity contribution in [1.29, 1.82) is 0 Å². The van der Waals surface area contributed by atoms with Crippen LogP contribution >= 0.6 is 0 Å². The third kappa shape index (κ3) is 4.27. The van der Waals surface area contributed by atoms with Crippen LogP contribution in [0.4, 0.5) is 4.79 Å². The van der Waals surface area contributed by atoms with E-state index in [1.165, 1.54) is 6.07 Å². The van der Waals surface area contributed by atoms with E-state index in [1.54, 1.807) is 31.7 Å². The van der Waals surface area contributed by atoms with Crippen molar-refractivity contribution in [1.82, 2.24) is 4.90 Å². The Morgan fingerprint density at radius 3 is 2.40 bits per heavy atom. The second kappa shape index (κ2) is 9.39. The van der Waals surface area contributed by atoms with Gasteiger partial charge in [-0.25, -0.2) is 4.79 Å². The molecule has 1 aromatic rings. The fourth-order valence-electron chi connectivity index (χ4n) is 6.30. The molecule has 210 valence electrons. The van der Waals surface area contributed by atoms with Crippen LogP contribution in [0.25, 0.3) is 11.3 Å². The molecule has 1 aliphatic heterocycles. The fraction of sp³-hybridized carbons (Fsp3) is 0.400. The van der Waals surface area contributed by atoms with Crippen molar-refractivity contribution >= 4 is 34.9 Å². The highest BCUT2D eigenvalue weighted by molar-refractivity contribution is 6.29. The number of ether oxygens (including phenoxy) is 1. The van der Waals surface area contributed by atoms with Crippen molar-refractivity contribution in [2.45, 2.75) is 45.6 Å². The van der Waals surface area contributed by atoms with Gasteiger partial charge >= 0.3 is 6.09 Å². The van der Waals surface area contributed by atoms with Crippen molar-refractivity contribution in [2.24, 2.45) is 23.5 Å². The summed E-state index contributed by atoms with van der Waals surface area (Å²) in [5, 5.41) is 32.6. The Morgan fingerprint density at radius 2 is 1.80 bits per heavy atom. The molecule has 0 saturated heterocycles. The molecule has 5 N–H and O–H groups in total. The third-order valence-electron chi connectivity index (χ3n) is 8.10. The Kier molecular flexibility index (Phi) is 6.40. The Bertz CT molecular complexity index is 1490. The van der Waals surface area contributed by atoms with Gasteiger partial charge < -0.3 is 30.7 Å². The van der Waals surface area contributed by atoms with Crippen LogP contribution in [0.5, 0.6) is 5.75 Å². The van der Waals surface area contributed by atoms with E-state index in [2.05, 4.69) is 6.58 Å². The number of ketones is 2. The maximum Gasteiger partial charge on any atom is 0.410 e. The van der Waals surface area contributed by atoms with E-state index in [0.717, 1.165) is 11.1 Å². The highest BCUT2D eigenvalue weighted by atomic mass is 16.6. The first kappa shape index (κ1) is 27.2. The van der Waals surface area contributed by atoms with Gasteiger partial charge in [-0.15, -0.1) is 0 Å². The number of nitrogens with zero attached hydrogens (tertiary/aromatic N) is 1. The molecule has 0 spiro atoms. The molecule has 5 rings (SSSR count). The molecule has 3 atom stereocenters. The van der Waals surface area contributed by atoms with Gasteiger partial charge in [0.05, 0.1) is 11.5 Å². The van der Waals surface area contributed by atoms with E-state index in [-0.39, 0.29) is 35.3 Å². The lowest BCUT2D eigenvalue weighted by molar-refractivity contribution is -0.133. The van der Waals surface area contributed by atoms with Crippen LogP contribution < -0.4 is 5.73 Å². The molecule has 4 aliphatic rings. The summed E-state index contributed by atoms with van der Waals surface area (Å²) in [4.78, 5) is 52.7. The summed E-state index contributed by atoms with van der Waals surface area (Å²) >= 11 is 0. The molecule has 3 aliphatic carbocycles. The standard InChI is InChI=1S/C30H32N2O8/c1-13-17-11-15-12-18-16(14-7-9-32(10-8-14)29(39)40-30(2,3)4)5-6-19(33)21(18)25(35)20(15)26(36)22(17)27(37)23(24(13)34)28(31)38/h5-7,15,17,22,33-35H,1,8-12H2,2-4H3,(H2,31,38). The number of carbonyl (C=O) groups is 4. The largest absolute Gasteiger partial charge is 0.507 e. The summed E-state index contributed by atoms with van der Waals surface area (Å²) in [7, 11) is 0. The third-order valence-corrected chi connectivity index (χ3v) is 8.10. The Labute approximate surface area is 231 Å². The summed E-state index contributed by atoms with van der Waals surface area (Å²) < 4.78 is 5.47. The number of primary amides is 1. The number of aliphatic hydroxyl groups is 2. The number of aromatic hydroxyl groups is 1. The van der Waals surface area contributed by atoms with E-state index < -0.39 is 64.0 Å². The van der Waals surface area contributed by atoms with Crippen molar-refractivity contribution in [2.75, 3.05) is 13.1 Å². The molecule has 1 aromatic carbocycles. The number of phenolic OH excluding ortho intramolecular Hbond substituents is 1. The molecule has 1 heterocycles. The van der Waals surface area contributed by atoms with E-state index in [9.17, 15) is 34.5 Å². The van der Waals surface area contributed by atoms with Crippen molar-refractivity contribution in [3.63, 3.8) is 0 Å². The molecular weight excluding hydrogens is 516 g/mol. The van der Waals surface area contributed by atoms with Gasteiger partial charge in [0, 0.05) is 24.6 Å². The molecule has 2 amide bonds. The number of amides is 2. The quantitative estimate of drug-likeness (QED) is 0.322. The zero-order chi connectivity index (χ0) is 29.3. The zero-order valence-corrected chi connectivity index (χ0v) is 22.6. The smallest absolute Gasteiger partial charge is 0.410 e. The monoisotopic (exact) mass is 548 g/mol. The summed E-state index contributed by atoms with van der Waals surface area (Å²) in [6.07, 6.45) is 2.53. The normalized spacial score (nSPS) is 24.8. The Hall–Kier alpha value is -4.34. The first-order chi connectivity index (χ1) is 18.7. The van der Waals surface area contributed by atoms with Crippen LogP contribution in [-0.2, 0) is 25.5 Å². The van der Waals surface area contributed by atoms with Crippen molar-refractivity contribution < 1.29 is 39.2 Å². The van der Waals surface area contributed by atoms with Gasteiger partial charge in [-0.05, 0) is 74.3 Å². The predicted octanol–water partition coefficient (Wildman–Crippen LogP) is 3.50. The molecule has 1 saturated carbocycles. The second-order valence-electron chi connectivity index (χ2n) is 11.7. The molecule has 10 heteroatoms. The first-order valence-corrected chi connectivity index (χ1v) is 13.2. The van der Waals surface area contributed by atoms with Gasteiger partial charge in [-0.1, -0.05) is 18.7 Å². The van der Waals surface area contributed by atoms with Gasteiger partial charge in [-0.3, -0.25) is 14.4 Å². The van der Waals surface area contributed by atoms with E-state index >= 15 is 0 Å². The number of Topliss-reactive ketones (excluding diaryl/α,β-unsaturated/α-hetero) is 2. The lowest BCUT2D eigenvalue weighted by Gasteiger charge is -2.42. The van der Waals surface area contributed by atoms with Gasteiger partial charge in [0.15, 0.2) is 11.6 Å². The van der Waals surface area contributed by atoms with Crippen LogP contribution in [0, 0.1) is 17.8 Å². The number of benzene rings is 1. The number of allylic oxidation sites excluding steroid dienone is 2. The Balaban J connectivity index is 1.52. The first-order valence-electron chi connectivity index (χ1n) is 13.2. The van der Waals surface area contributed by atoms with Crippen LogP contribution in [0.15, 0.2) is 47.3 Å². The molecule has 0 aromatic heterocycles. The minimum Gasteiger partial charge on any atom is -0.507 e. The van der Waals surface area contributed by atoms with E-state index in [1.807, 2.05) is 6.08 Å². The second-order valence-corrected chi connectivity index (χ2v) is 11.7. The SMILES string of the molecule is C=C1C(O)=C(C(N)=O)C(=O)C2C(=O)C3=C(O)c4c(O)ccc(C5=CCN(C(=O)OC(C)(C)C)CC5)c4CC3CC12. The molecular formula is C30H32N2O8. The number of hydrogen-bond acceptors (Lipinski definition) is 8.